The maximum absolute atomic E-state index is 12.1. The van der Waals surface area contributed by atoms with Gasteiger partial charge in [0.2, 0.25) is 5.91 Å². The van der Waals surface area contributed by atoms with Gasteiger partial charge in [0.15, 0.2) is 0 Å². The van der Waals surface area contributed by atoms with Gasteiger partial charge >= 0.3 is 0 Å². The highest BCUT2D eigenvalue weighted by Crippen LogP contribution is 2.26. The molecule has 1 saturated heterocycles. The van der Waals surface area contributed by atoms with E-state index in [0.29, 0.717) is 5.75 Å². The topological polar surface area (TPSA) is 50.4 Å². The molecule has 0 saturated carbocycles. The van der Waals surface area contributed by atoms with Gasteiger partial charge in [0, 0.05) is 6.54 Å². The van der Waals surface area contributed by atoms with Crippen molar-refractivity contribution in [2.45, 2.75) is 19.8 Å². The molecule has 2 N–H and O–H groups in total. The SMILES string of the molecule is COc1ccc(C)cc1NC(=O)[C@H]1CCCNC1. The Kier molecular flexibility index (Phi) is 4.20. The molecule has 4 heteroatoms. The third-order valence-electron chi connectivity index (χ3n) is 3.28. The van der Waals surface area contributed by atoms with Crippen molar-refractivity contribution < 1.29 is 9.53 Å². The van der Waals surface area contributed by atoms with E-state index < -0.39 is 0 Å². The van der Waals surface area contributed by atoms with Crippen molar-refractivity contribution in [3.8, 4) is 5.75 Å². The number of amides is 1. The van der Waals surface area contributed by atoms with Crippen LogP contribution in [0, 0.1) is 12.8 Å². The van der Waals surface area contributed by atoms with Crippen molar-refractivity contribution in [1.29, 1.82) is 0 Å². The smallest absolute Gasteiger partial charge is 0.228 e. The molecular formula is C14H20N2O2. The number of rotatable bonds is 3. The Balaban J connectivity index is 2.07. The zero-order valence-corrected chi connectivity index (χ0v) is 11.0. The maximum atomic E-state index is 12.1. The number of aryl methyl sites for hydroxylation is 1. The normalized spacial score (nSPS) is 19.3. The van der Waals surface area contributed by atoms with Gasteiger partial charge in [-0.1, -0.05) is 6.07 Å². The van der Waals surface area contributed by atoms with Crippen LogP contribution in [0.2, 0.25) is 0 Å². The summed E-state index contributed by atoms with van der Waals surface area (Å²) in [6.45, 7) is 3.77. The molecule has 4 nitrogen and oxygen atoms in total. The van der Waals surface area contributed by atoms with Gasteiger partial charge in [0.05, 0.1) is 18.7 Å². The number of methoxy groups -OCH3 is 1. The van der Waals surface area contributed by atoms with Crippen LogP contribution in [0.3, 0.4) is 0 Å². The maximum Gasteiger partial charge on any atom is 0.228 e. The fourth-order valence-electron chi connectivity index (χ4n) is 2.23. The van der Waals surface area contributed by atoms with Gasteiger partial charge in [-0.05, 0) is 44.0 Å². The van der Waals surface area contributed by atoms with E-state index in [9.17, 15) is 4.79 Å². The van der Waals surface area contributed by atoms with Crippen LogP contribution >= 0.6 is 0 Å². The highest BCUT2D eigenvalue weighted by molar-refractivity contribution is 5.94. The van der Waals surface area contributed by atoms with Gasteiger partial charge in [0.25, 0.3) is 0 Å². The van der Waals surface area contributed by atoms with Crippen molar-refractivity contribution >= 4 is 11.6 Å². The summed E-state index contributed by atoms with van der Waals surface area (Å²) in [5.74, 6) is 0.841. The average Bonchev–Trinajstić information content (AvgIpc) is 2.40. The van der Waals surface area contributed by atoms with Crippen LogP contribution in [-0.2, 0) is 4.79 Å². The lowest BCUT2D eigenvalue weighted by Gasteiger charge is -2.22. The molecule has 0 spiro atoms. The molecule has 98 valence electrons. The van der Waals surface area contributed by atoms with Crippen LogP contribution in [0.25, 0.3) is 0 Å². The number of hydrogen-bond donors (Lipinski definition) is 2. The highest BCUT2D eigenvalue weighted by Gasteiger charge is 2.21. The lowest BCUT2D eigenvalue weighted by Crippen LogP contribution is -2.37. The van der Waals surface area contributed by atoms with Crippen LogP contribution in [0.5, 0.6) is 5.75 Å². The molecule has 0 bridgehead atoms. The number of hydrogen-bond acceptors (Lipinski definition) is 3. The third kappa shape index (κ3) is 3.01. The molecule has 1 aromatic carbocycles. The monoisotopic (exact) mass is 248 g/mol. The number of benzene rings is 1. The second-order valence-corrected chi connectivity index (χ2v) is 4.74. The van der Waals surface area contributed by atoms with Crippen molar-refractivity contribution in [2.24, 2.45) is 5.92 Å². The lowest BCUT2D eigenvalue weighted by molar-refractivity contribution is -0.120. The predicted molar refractivity (Wildman–Crippen MR) is 72.0 cm³/mol. The number of carbonyl (C=O) groups is 1. The van der Waals surface area contributed by atoms with Crippen molar-refractivity contribution in [3.05, 3.63) is 23.8 Å². The van der Waals surface area contributed by atoms with Gasteiger partial charge in [-0.3, -0.25) is 4.79 Å². The van der Waals surface area contributed by atoms with Crippen LogP contribution in [0.1, 0.15) is 18.4 Å². The summed E-state index contributed by atoms with van der Waals surface area (Å²) in [5.41, 5.74) is 1.86. The molecule has 1 heterocycles. The number of ether oxygens (including phenoxy) is 1. The molecule has 0 aliphatic carbocycles. The lowest BCUT2D eigenvalue weighted by atomic mass is 9.98. The molecule has 18 heavy (non-hydrogen) atoms. The van der Waals surface area contributed by atoms with E-state index in [0.717, 1.165) is 37.2 Å². The summed E-state index contributed by atoms with van der Waals surface area (Å²) < 4.78 is 5.26. The molecular weight excluding hydrogens is 228 g/mol. The first-order valence-electron chi connectivity index (χ1n) is 6.37. The van der Waals surface area contributed by atoms with Crippen molar-refractivity contribution in [1.82, 2.24) is 5.32 Å². The van der Waals surface area contributed by atoms with Gasteiger partial charge in [-0.25, -0.2) is 0 Å². The molecule has 1 fully saturated rings. The Bertz CT molecular complexity index is 426. The van der Waals surface area contributed by atoms with E-state index in [1.165, 1.54) is 0 Å². The highest BCUT2D eigenvalue weighted by atomic mass is 16.5. The fraction of sp³-hybridized carbons (Fsp3) is 0.500. The average molecular weight is 248 g/mol. The molecule has 1 atom stereocenters. The van der Waals surface area contributed by atoms with Crippen LogP contribution in [0.4, 0.5) is 5.69 Å². The predicted octanol–water partition coefficient (Wildman–Crippen LogP) is 1.94. The molecule has 0 radical (unpaired) electrons. The number of nitrogens with one attached hydrogen (secondary N) is 2. The second kappa shape index (κ2) is 5.87. The third-order valence-corrected chi connectivity index (χ3v) is 3.28. The number of anilines is 1. The zero-order valence-electron chi connectivity index (χ0n) is 11.0. The van der Waals surface area contributed by atoms with Gasteiger partial charge in [0.1, 0.15) is 5.75 Å². The first-order valence-corrected chi connectivity index (χ1v) is 6.37. The summed E-state index contributed by atoms with van der Waals surface area (Å²) in [4.78, 5) is 12.1. The molecule has 2 rings (SSSR count). The van der Waals surface area contributed by atoms with E-state index >= 15 is 0 Å². The summed E-state index contributed by atoms with van der Waals surface area (Å²) >= 11 is 0. The Labute approximate surface area is 108 Å². The van der Waals surface area contributed by atoms with Crippen molar-refractivity contribution in [2.75, 3.05) is 25.5 Å². The summed E-state index contributed by atoms with van der Waals surface area (Å²) in [5, 5.41) is 6.22. The summed E-state index contributed by atoms with van der Waals surface area (Å²) in [7, 11) is 1.61. The van der Waals surface area contributed by atoms with Crippen LogP contribution < -0.4 is 15.4 Å². The van der Waals surface area contributed by atoms with Crippen LogP contribution in [0.15, 0.2) is 18.2 Å². The second-order valence-electron chi connectivity index (χ2n) is 4.74. The Hall–Kier alpha value is -1.55. The van der Waals surface area contributed by atoms with E-state index in [1.807, 2.05) is 25.1 Å². The van der Waals surface area contributed by atoms with E-state index in [1.54, 1.807) is 7.11 Å². The van der Waals surface area contributed by atoms with Crippen molar-refractivity contribution in [3.63, 3.8) is 0 Å². The molecule has 1 amide bonds. The van der Waals surface area contributed by atoms with Gasteiger partial charge < -0.3 is 15.4 Å². The number of carbonyl (C=O) groups excluding carboxylic acids is 1. The molecule has 0 aromatic heterocycles. The largest absolute Gasteiger partial charge is 0.495 e. The standard InChI is InChI=1S/C14H20N2O2/c1-10-5-6-13(18-2)12(8-10)16-14(17)11-4-3-7-15-9-11/h5-6,8,11,15H,3-4,7,9H2,1-2H3,(H,16,17)/t11-/m0/s1. The quantitative estimate of drug-likeness (QED) is 0.859. The van der Waals surface area contributed by atoms with E-state index in [-0.39, 0.29) is 11.8 Å². The van der Waals surface area contributed by atoms with Crippen LogP contribution in [-0.4, -0.2) is 26.1 Å². The first kappa shape index (κ1) is 12.9. The molecule has 0 unspecified atom stereocenters. The molecule has 1 aliphatic rings. The minimum absolute atomic E-state index is 0.0592. The van der Waals surface area contributed by atoms with E-state index in [4.69, 9.17) is 4.74 Å². The zero-order chi connectivity index (χ0) is 13.0. The Morgan fingerprint density at radius 2 is 2.33 bits per heavy atom. The van der Waals surface area contributed by atoms with Gasteiger partial charge in [-0.15, -0.1) is 0 Å². The number of piperidine rings is 1. The molecule has 1 aromatic rings. The first-order chi connectivity index (χ1) is 8.70. The molecule has 1 aliphatic heterocycles. The Morgan fingerprint density at radius 1 is 1.50 bits per heavy atom. The summed E-state index contributed by atoms with van der Waals surface area (Å²) in [6, 6.07) is 5.79. The van der Waals surface area contributed by atoms with Gasteiger partial charge in [-0.2, -0.15) is 0 Å². The minimum Gasteiger partial charge on any atom is -0.495 e. The summed E-state index contributed by atoms with van der Waals surface area (Å²) in [6.07, 6.45) is 2.01. The fourth-order valence-corrected chi connectivity index (χ4v) is 2.23. The van der Waals surface area contributed by atoms with E-state index in [2.05, 4.69) is 10.6 Å². The minimum atomic E-state index is 0.0592. The Morgan fingerprint density at radius 3 is 3.00 bits per heavy atom.